The van der Waals surface area contributed by atoms with E-state index in [1.165, 1.54) is 41.6 Å². The van der Waals surface area contributed by atoms with Crippen LogP contribution in [0, 0.1) is 5.82 Å². The largest absolute Gasteiger partial charge is 0.299 e. The van der Waals surface area contributed by atoms with Crippen LogP contribution >= 0.6 is 11.8 Å². The smallest absolute Gasteiger partial charge is 0.269 e. The molecule has 0 saturated heterocycles. The van der Waals surface area contributed by atoms with E-state index >= 15 is 0 Å². The molecular weight excluding hydrogens is 465 g/mol. The van der Waals surface area contributed by atoms with Crippen molar-refractivity contribution in [3.63, 3.8) is 0 Å². The molecule has 4 rings (SSSR count). The second-order valence-electron chi connectivity index (χ2n) is 9.74. The molecule has 1 aromatic heterocycles. The van der Waals surface area contributed by atoms with E-state index < -0.39 is 11.7 Å². The van der Waals surface area contributed by atoms with Crippen LogP contribution in [0.4, 0.5) is 4.39 Å². The van der Waals surface area contributed by atoms with Crippen LogP contribution in [0.3, 0.4) is 0 Å². The summed E-state index contributed by atoms with van der Waals surface area (Å²) in [5, 5.41) is 9.57. The van der Waals surface area contributed by atoms with E-state index in [9.17, 15) is 14.0 Å². The Hall–Kier alpha value is -3.20. The molecule has 35 heavy (non-hydrogen) atoms. The lowest BCUT2D eigenvalue weighted by atomic mass is 9.86. The van der Waals surface area contributed by atoms with Crippen molar-refractivity contribution in [1.29, 1.82) is 0 Å². The highest BCUT2D eigenvalue weighted by molar-refractivity contribution is 7.99. The summed E-state index contributed by atoms with van der Waals surface area (Å²) in [5.41, 5.74) is 7.33. The Morgan fingerprint density at radius 2 is 1.66 bits per heavy atom. The van der Waals surface area contributed by atoms with Crippen LogP contribution in [-0.2, 0) is 10.2 Å². The van der Waals surface area contributed by atoms with Gasteiger partial charge in [0.25, 0.3) is 5.91 Å². The van der Waals surface area contributed by atoms with Crippen molar-refractivity contribution in [2.45, 2.75) is 63.1 Å². The Balaban J connectivity index is 1.44. The summed E-state index contributed by atoms with van der Waals surface area (Å²) in [6.07, 6.45) is 4.42. The molecule has 0 unspecified atom stereocenters. The van der Waals surface area contributed by atoms with Crippen molar-refractivity contribution >= 4 is 23.6 Å². The van der Waals surface area contributed by atoms with Crippen LogP contribution in [0.1, 0.15) is 68.4 Å². The number of hydrogen-bond donors (Lipinski definition) is 2. The van der Waals surface area contributed by atoms with Crippen molar-refractivity contribution in [3.05, 3.63) is 65.5 Å². The molecule has 9 heteroatoms. The average Bonchev–Trinajstić information content (AvgIpc) is 3.51. The van der Waals surface area contributed by atoms with E-state index in [2.05, 4.69) is 70.7 Å². The van der Waals surface area contributed by atoms with Crippen molar-refractivity contribution < 1.29 is 14.0 Å². The van der Waals surface area contributed by atoms with Gasteiger partial charge in [0.15, 0.2) is 11.0 Å². The Morgan fingerprint density at radius 1 is 1.00 bits per heavy atom. The van der Waals surface area contributed by atoms with E-state index in [4.69, 9.17) is 0 Å². The number of nitrogens with one attached hydrogen (secondary N) is 2. The van der Waals surface area contributed by atoms with Gasteiger partial charge in [0.2, 0.25) is 5.91 Å². The first-order chi connectivity index (χ1) is 16.7. The molecular formula is C26H30FN5O2S. The number of carbonyl (C=O) groups is 2. The fraction of sp³-hybridized carbons (Fsp3) is 0.385. The standard InChI is InChI=1S/C26H30FN5O2S/c1-26(2,3)19-12-8-17(9-13-19)23-29-31-25(32(23)21-6-4-5-7-21)35-16-22(33)28-30-24(34)18-10-14-20(27)15-11-18/h8-15,21H,4-7,16H2,1-3H3,(H,28,33)(H,30,34). The SMILES string of the molecule is CC(C)(C)c1ccc(-c2nnc(SCC(=O)NNC(=O)c3ccc(F)cc3)n2C2CCCC2)cc1. The van der Waals surface area contributed by atoms with Crippen LogP contribution in [0.5, 0.6) is 0 Å². The second kappa shape index (κ2) is 10.6. The van der Waals surface area contributed by atoms with Gasteiger partial charge < -0.3 is 0 Å². The Labute approximate surface area is 208 Å². The average molecular weight is 496 g/mol. The third-order valence-corrected chi connectivity index (χ3v) is 7.06. The molecule has 1 aliphatic rings. The maximum Gasteiger partial charge on any atom is 0.269 e. The molecule has 7 nitrogen and oxygen atoms in total. The zero-order chi connectivity index (χ0) is 25.0. The predicted octanol–water partition coefficient (Wildman–Crippen LogP) is 5.05. The number of nitrogens with zero attached hydrogens (tertiary/aromatic N) is 3. The number of carbonyl (C=O) groups excluding carboxylic acids is 2. The first kappa shape index (κ1) is 24.9. The van der Waals surface area contributed by atoms with Crippen LogP contribution in [0.2, 0.25) is 0 Å². The summed E-state index contributed by atoms with van der Waals surface area (Å²) in [6.45, 7) is 6.56. The molecule has 2 N–H and O–H groups in total. The van der Waals surface area contributed by atoms with Gasteiger partial charge in [-0.1, -0.05) is 69.6 Å². The van der Waals surface area contributed by atoms with E-state index in [-0.39, 0.29) is 22.6 Å². The van der Waals surface area contributed by atoms with Crippen molar-refractivity contribution in [1.82, 2.24) is 25.6 Å². The molecule has 1 saturated carbocycles. The minimum Gasteiger partial charge on any atom is -0.299 e. The van der Waals surface area contributed by atoms with Crippen LogP contribution < -0.4 is 10.9 Å². The van der Waals surface area contributed by atoms with E-state index in [0.717, 1.165) is 37.1 Å². The summed E-state index contributed by atoms with van der Waals surface area (Å²) in [6, 6.07) is 13.8. The normalized spacial score (nSPS) is 14.2. The minimum absolute atomic E-state index is 0.0670. The molecule has 3 aromatic rings. The number of thioether (sulfide) groups is 1. The van der Waals surface area contributed by atoms with Gasteiger partial charge in [-0.3, -0.25) is 25.0 Å². The van der Waals surface area contributed by atoms with Gasteiger partial charge in [0.05, 0.1) is 5.75 Å². The molecule has 0 bridgehead atoms. The number of aromatic nitrogens is 3. The van der Waals surface area contributed by atoms with Gasteiger partial charge in [-0.05, 0) is 48.1 Å². The van der Waals surface area contributed by atoms with Crippen molar-refractivity contribution in [3.8, 4) is 11.4 Å². The van der Waals surface area contributed by atoms with Crippen molar-refractivity contribution in [2.24, 2.45) is 0 Å². The predicted molar refractivity (Wildman–Crippen MR) is 134 cm³/mol. The van der Waals surface area contributed by atoms with Gasteiger partial charge in [-0.2, -0.15) is 0 Å². The Kier molecular flexibility index (Phi) is 7.54. The van der Waals surface area contributed by atoms with Crippen LogP contribution in [0.15, 0.2) is 53.7 Å². The number of halogens is 1. The zero-order valence-electron chi connectivity index (χ0n) is 20.2. The maximum absolute atomic E-state index is 13.0. The zero-order valence-corrected chi connectivity index (χ0v) is 21.0. The number of hydrogen-bond acceptors (Lipinski definition) is 5. The third kappa shape index (κ3) is 6.08. The summed E-state index contributed by atoms with van der Waals surface area (Å²) >= 11 is 1.29. The second-order valence-corrected chi connectivity index (χ2v) is 10.7. The van der Waals surface area contributed by atoms with Gasteiger partial charge in [0.1, 0.15) is 5.82 Å². The molecule has 0 spiro atoms. The number of hydrazine groups is 1. The number of amides is 2. The van der Waals surface area contributed by atoms with Gasteiger partial charge in [-0.25, -0.2) is 4.39 Å². The molecule has 1 aliphatic carbocycles. The van der Waals surface area contributed by atoms with Crippen molar-refractivity contribution in [2.75, 3.05) is 5.75 Å². The van der Waals surface area contributed by atoms with E-state index in [0.29, 0.717) is 11.2 Å². The lowest BCUT2D eigenvalue weighted by Crippen LogP contribution is -2.42. The summed E-state index contributed by atoms with van der Waals surface area (Å²) in [4.78, 5) is 24.5. The van der Waals surface area contributed by atoms with Crippen LogP contribution in [0.25, 0.3) is 11.4 Å². The van der Waals surface area contributed by atoms with Crippen LogP contribution in [-0.4, -0.2) is 32.3 Å². The summed E-state index contributed by atoms with van der Waals surface area (Å²) in [7, 11) is 0. The summed E-state index contributed by atoms with van der Waals surface area (Å²) < 4.78 is 15.2. The highest BCUT2D eigenvalue weighted by atomic mass is 32.2. The lowest BCUT2D eigenvalue weighted by Gasteiger charge is -2.20. The Morgan fingerprint density at radius 3 is 2.29 bits per heavy atom. The third-order valence-electron chi connectivity index (χ3n) is 6.12. The fourth-order valence-corrected chi connectivity index (χ4v) is 4.95. The van der Waals surface area contributed by atoms with Gasteiger partial charge in [-0.15, -0.1) is 10.2 Å². The molecule has 0 atom stereocenters. The minimum atomic E-state index is -0.515. The molecule has 1 heterocycles. The van der Waals surface area contributed by atoms with E-state index in [1.54, 1.807) is 0 Å². The first-order valence-electron chi connectivity index (χ1n) is 11.8. The molecule has 1 fully saturated rings. The highest BCUT2D eigenvalue weighted by Gasteiger charge is 2.25. The highest BCUT2D eigenvalue weighted by Crippen LogP contribution is 2.37. The molecule has 184 valence electrons. The number of benzene rings is 2. The van der Waals surface area contributed by atoms with Gasteiger partial charge in [0, 0.05) is 17.2 Å². The quantitative estimate of drug-likeness (QED) is 0.369. The fourth-order valence-electron chi connectivity index (χ4n) is 4.15. The molecule has 0 aliphatic heterocycles. The molecule has 2 aromatic carbocycles. The lowest BCUT2D eigenvalue weighted by molar-refractivity contribution is -0.119. The van der Waals surface area contributed by atoms with Gasteiger partial charge >= 0.3 is 0 Å². The first-order valence-corrected chi connectivity index (χ1v) is 12.7. The monoisotopic (exact) mass is 495 g/mol. The molecule has 2 amide bonds. The molecule has 0 radical (unpaired) electrons. The maximum atomic E-state index is 13.0. The summed E-state index contributed by atoms with van der Waals surface area (Å²) in [5.74, 6) is -0.443. The topological polar surface area (TPSA) is 88.9 Å². The Bertz CT molecular complexity index is 1180. The number of rotatable bonds is 6. The van der Waals surface area contributed by atoms with E-state index in [1.807, 2.05) is 0 Å².